The molecule has 0 unspecified atom stereocenters. The maximum Gasteiger partial charge on any atom is 0.230 e. The number of unbranched alkanes of at least 4 members (excludes halogenated alkanes) is 1. The molecule has 0 bridgehead atoms. The van der Waals surface area contributed by atoms with Gasteiger partial charge in [-0.15, -0.1) is 0 Å². The summed E-state index contributed by atoms with van der Waals surface area (Å²) in [6.07, 6.45) is 21.9. The van der Waals surface area contributed by atoms with Crippen LogP contribution in [0, 0.1) is 0 Å². The first-order valence-electron chi connectivity index (χ1n) is 11.8. The summed E-state index contributed by atoms with van der Waals surface area (Å²) >= 11 is 3.16. The molecule has 0 radical (unpaired) electrons. The SMILES string of the molecule is CC(C)=CCC/C(C)=C/CC/C(C)=C/CC/C=C(\C)CC/C=C(\C)CCNC(=O)CBr. The minimum absolute atomic E-state index is 0.0533. The predicted molar refractivity (Wildman–Crippen MR) is 143 cm³/mol. The van der Waals surface area contributed by atoms with Crippen molar-refractivity contribution in [3.8, 4) is 0 Å². The summed E-state index contributed by atoms with van der Waals surface area (Å²) in [7, 11) is 0. The van der Waals surface area contributed by atoms with Gasteiger partial charge in [-0.3, -0.25) is 4.79 Å². The first kappa shape index (κ1) is 29.7. The molecule has 0 saturated heterocycles. The molecule has 1 N–H and O–H groups in total. The summed E-state index contributed by atoms with van der Waals surface area (Å²) in [6, 6.07) is 0. The molecule has 31 heavy (non-hydrogen) atoms. The number of allylic oxidation sites excluding steroid dienone is 9. The van der Waals surface area contributed by atoms with E-state index in [9.17, 15) is 4.79 Å². The maximum atomic E-state index is 11.2. The molecule has 176 valence electrons. The van der Waals surface area contributed by atoms with E-state index >= 15 is 0 Å². The van der Waals surface area contributed by atoms with Gasteiger partial charge < -0.3 is 5.32 Å². The van der Waals surface area contributed by atoms with E-state index in [2.05, 4.69) is 93.2 Å². The highest BCUT2D eigenvalue weighted by Crippen LogP contribution is 2.14. The lowest BCUT2D eigenvalue weighted by atomic mass is 10.0. The number of hydrogen-bond donors (Lipinski definition) is 1. The van der Waals surface area contributed by atoms with Crippen molar-refractivity contribution in [3.63, 3.8) is 0 Å². The van der Waals surface area contributed by atoms with Crippen molar-refractivity contribution in [2.45, 2.75) is 99.3 Å². The predicted octanol–water partition coefficient (Wildman–Crippen LogP) is 8.76. The lowest BCUT2D eigenvalue weighted by molar-refractivity contribution is -0.118. The van der Waals surface area contributed by atoms with Crippen molar-refractivity contribution in [2.75, 3.05) is 11.9 Å². The molecule has 0 aromatic heterocycles. The average Bonchev–Trinajstić information content (AvgIpc) is 2.70. The smallest absolute Gasteiger partial charge is 0.230 e. The van der Waals surface area contributed by atoms with Gasteiger partial charge in [-0.1, -0.05) is 74.2 Å². The highest BCUT2D eigenvalue weighted by atomic mass is 79.9. The van der Waals surface area contributed by atoms with E-state index in [0.29, 0.717) is 5.33 Å². The highest BCUT2D eigenvalue weighted by Gasteiger charge is 1.97. The Kier molecular flexibility index (Phi) is 18.5. The minimum Gasteiger partial charge on any atom is -0.355 e. The third kappa shape index (κ3) is 20.3. The zero-order valence-electron chi connectivity index (χ0n) is 21.0. The van der Waals surface area contributed by atoms with Crippen LogP contribution in [0.4, 0.5) is 0 Å². The monoisotopic (exact) mass is 491 g/mol. The van der Waals surface area contributed by atoms with Gasteiger partial charge in [-0.2, -0.15) is 0 Å². The number of nitrogens with one attached hydrogen (secondary N) is 1. The molecule has 0 spiro atoms. The Bertz CT molecular complexity index is 660. The van der Waals surface area contributed by atoms with Crippen LogP contribution in [0.15, 0.2) is 58.2 Å². The Morgan fingerprint density at radius 1 is 0.613 bits per heavy atom. The van der Waals surface area contributed by atoms with Gasteiger partial charge >= 0.3 is 0 Å². The van der Waals surface area contributed by atoms with Crippen LogP contribution in [0.1, 0.15) is 99.3 Å². The van der Waals surface area contributed by atoms with Crippen molar-refractivity contribution in [3.05, 3.63) is 58.2 Å². The Morgan fingerprint density at radius 3 is 1.42 bits per heavy atom. The molecular formula is C28H46BrNO. The van der Waals surface area contributed by atoms with Crippen LogP contribution in [-0.2, 0) is 4.79 Å². The average molecular weight is 493 g/mol. The van der Waals surface area contributed by atoms with E-state index in [1.807, 2.05) is 0 Å². The first-order valence-corrected chi connectivity index (χ1v) is 12.9. The Hall–Kier alpha value is -1.35. The van der Waals surface area contributed by atoms with Gasteiger partial charge in [-0.25, -0.2) is 0 Å². The summed E-state index contributed by atoms with van der Waals surface area (Å²) in [5.74, 6) is 0.0533. The molecule has 0 heterocycles. The Labute approximate surface area is 201 Å². The topological polar surface area (TPSA) is 29.1 Å². The molecule has 0 saturated carbocycles. The molecule has 0 aromatic rings. The highest BCUT2D eigenvalue weighted by molar-refractivity contribution is 9.09. The third-order valence-corrected chi connectivity index (χ3v) is 5.78. The van der Waals surface area contributed by atoms with E-state index in [1.165, 1.54) is 40.7 Å². The molecule has 2 nitrogen and oxygen atoms in total. The van der Waals surface area contributed by atoms with E-state index in [1.54, 1.807) is 0 Å². The summed E-state index contributed by atoms with van der Waals surface area (Å²) in [5, 5.41) is 3.26. The van der Waals surface area contributed by atoms with Crippen LogP contribution in [0.25, 0.3) is 0 Å². The van der Waals surface area contributed by atoms with Gasteiger partial charge in [0.05, 0.1) is 5.33 Å². The largest absolute Gasteiger partial charge is 0.355 e. The third-order valence-electron chi connectivity index (χ3n) is 5.27. The van der Waals surface area contributed by atoms with Gasteiger partial charge in [0, 0.05) is 6.54 Å². The standard InChI is InChI=1S/C28H46BrNO/c1-23(2)12-9-15-26(5)18-10-16-24(3)13-7-8-14-25(4)17-11-19-27(6)20-21-30-28(31)22-29/h12-14,18-19H,7-11,15-17,20-22H2,1-6H3,(H,30,31)/b24-13+,25-14+,26-18+,27-19+. The Balaban J connectivity index is 4.03. The van der Waals surface area contributed by atoms with Crippen LogP contribution < -0.4 is 5.32 Å². The van der Waals surface area contributed by atoms with Crippen molar-refractivity contribution >= 4 is 21.8 Å². The van der Waals surface area contributed by atoms with Gasteiger partial charge in [0.1, 0.15) is 0 Å². The molecule has 0 aliphatic carbocycles. The molecule has 0 aromatic carbocycles. The van der Waals surface area contributed by atoms with Gasteiger partial charge in [0.15, 0.2) is 0 Å². The molecule has 1 amide bonds. The van der Waals surface area contributed by atoms with Gasteiger partial charge in [0.2, 0.25) is 5.91 Å². The first-order chi connectivity index (χ1) is 14.7. The molecule has 0 fully saturated rings. The molecule has 0 atom stereocenters. The normalized spacial score (nSPS) is 13.4. The molecular weight excluding hydrogens is 446 g/mol. The van der Waals surface area contributed by atoms with E-state index in [0.717, 1.165) is 51.5 Å². The second kappa shape index (κ2) is 19.3. The summed E-state index contributed by atoms with van der Waals surface area (Å²) in [5.41, 5.74) is 7.25. The summed E-state index contributed by atoms with van der Waals surface area (Å²) in [6.45, 7) is 13.9. The maximum absolute atomic E-state index is 11.2. The van der Waals surface area contributed by atoms with Crippen molar-refractivity contribution in [1.82, 2.24) is 5.32 Å². The zero-order chi connectivity index (χ0) is 23.5. The molecule has 0 rings (SSSR count). The lowest BCUT2D eigenvalue weighted by Crippen LogP contribution is -2.25. The van der Waals surface area contributed by atoms with Gasteiger partial charge in [0.25, 0.3) is 0 Å². The second-order valence-electron chi connectivity index (χ2n) is 8.91. The minimum atomic E-state index is 0.0533. The fourth-order valence-electron chi connectivity index (χ4n) is 3.20. The number of halogens is 1. The quantitative estimate of drug-likeness (QED) is 0.130. The van der Waals surface area contributed by atoms with Crippen LogP contribution in [0.2, 0.25) is 0 Å². The van der Waals surface area contributed by atoms with Crippen LogP contribution in [0.3, 0.4) is 0 Å². The van der Waals surface area contributed by atoms with Crippen LogP contribution >= 0.6 is 15.9 Å². The number of hydrogen-bond acceptors (Lipinski definition) is 1. The number of carbonyl (C=O) groups is 1. The molecule has 0 aliphatic rings. The van der Waals surface area contributed by atoms with E-state index in [4.69, 9.17) is 0 Å². The number of carbonyl (C=O) groups excluding carboxylic acids is 1. The lowest BCUT2D eigenvalue weighted by Gasteiger charge is -2.04. The van der Waals surface area contributed by atoms with Crippen molar-refractivity contribution in [2.24, 2.45) is 0 Å². The van der Waals surface area contributed by atoms with Crippen molar-refractivity contribution in [1.29, 1.82) is 0 Å². The second-order valence-corrected chi connectivity index (χ2v) is 9.47. The summed E-state index contributed by atoms with van der Waals surface area (Å²) < 4.78 is 0. The van der Waals surface area contributed by atoms with E-state index < -0.39 is 0 Å². The number of alkyl halides is 1. The van der Waals surface area contributed by atoms with Crippen LogP contribution in [0.5, 0.6) is 0 Å². The zero-order valence-corrected chi connectivity index (χ0v) is 22.5. The molecule has 3 heteroatoms. The number of rotatable bonds is 16. The van der Waals surface area contributed by atoms with Crippen LogP contribution in [-0.4, -0.2) is 17.8 Å². The summed E-state index contributed by atoms with van der Waals surface area (Å²) in [4.78, 5) is 11.2. The Morgan fingerprint density at radius 2 is 1.00 bits per heavy atom. The van der Waals surface area contributed by atoms with Crippen molar-refractivity contribution < 1.29 is 4.79 Å². The molecule has 0 aliphatic heterocycles. The fourth-order valence-corrected chi connectivity index (χ4v) is 3.39. The fraction of sp³-hybridized carbons (Fsp3) is 0.607. The van der Waals surface area contributed by atoms with E-state index in [-0.39, 0.29) is 5.91 Å². The number of amides is 1. The van der Waals surface area contributed by atoms with Gasteiger partial charge in [-0.05, 0) is 99.3 Å².